The molecule has 0 aliphatic carbocycles. The Kier molecular flexibility index (Phi) is 4.98. The van der Waals surface area contributed by atoms with Gasteiger partial charge >= 0.3 is 0 Å². The van der Waals surface area contributed by atoms with Crippen LogP contribution in [-0.4, -0.2) is 39.7 Å². The zero-order chi connectivity index (χ0) is 13.8. The molecule has 0 amide bonds. The van der Waals surface area contributed by atoms with Crippen molar-refractivity contribution in [2.24, 2.45) is 0 Å². The molecule has 0 saturated heterocycles. The Morgan fingerprint density at radius 2 is 1.78 bits per heavy atom. The van der Waals surface area contributed by atoms with Gasteiger partial charge in [-0.1, -0.05) is 13.0 Å². The van der Waals surface area contributed by atoms with Gasteiger partial charge in [-0.05, 0) is 17.7 Å². The second kappa shape index (κ2) is 6.06. The van der Waals surface area contributed by atoms with Crippen LogP contribution in [0.15, 0.2) is 18.2 Å². The first-order chi connectivity index (χ1) is 8.42. The summed E-state index contributed by atoms with van der Waals surface area (Å²) in [7, 11) is -0.0739. The minimum Gasteiger partial charge on any atom is -0.493 e. The van der Waals surface area contributed by atoms with Crippen LogP contribution in [0.4, 0.5) is 0 Å². The number of sulfonamides is 1. The SMILES string of the molecule is CCN(Cc1ccc(OC)c(OC)c1)S(C)(=O)=O. The summed E-state index contributed by atoms with van der Waals surface area (Å²) < 4.78 is 34.7. The Labute approximate surface area is 108 Å². The molecule has 6 heteroatoms. The molecule has 0 spiro atoms. The van der Waals surface area contributed by atoms with E-state index < -0.39 is 10.0 Å². The standard InChI is InChI=1S/C12H19NO4S/c1-5-13(18(4,14)15)9-10-6-7-11(16-2)12(8-10)17-3/h6-8H,5,9H2,1-4H3. The highest BCUT2D eigenvalue weighted by molar-refractivity contribution is 7.88. The molecule has 5 nitrogen and oxygen atoms in total. The predicted octanol–water partition coefficient (Wildman–Crippen LogP) is 1.49. The van der Waals surface area contributed by atoms with E-state index >= 15 is 0 Å². The van der Waals surface area contributed by atoms with Crippen molar-refractivity contribution >= 4 is 10.0 Å². The molecule has 0 radical (unpaired) electrons. The van der Waals surface area contributed by atoms with Gasteiger partial charge in [-0.3, -0.25) is 0 Å². The molecule has 0 bridgehead atoms. The summed E-state index contributed by atoms with van der Waals surface area (Å²) in [5, 5.41) is 0. The summed E-state index contributed by atoms with van der Waals surface area (Å²) in [4.78, 5) is 0. The molecule has 102 valence electrons. The van der Waals surface area contributed by atoms with Gasteiger partial charge in [0.15, 0.2) is 11.5 Å². The van der Waals surface area contributed by atoms with Crippen molar-refractivity contribution in [3.63, 3.8) is 0 Å². The van der Waals surface area contributed by atoms with Gasteiger partial charge in [-0.2, -0.15) is 4.31 Å². The van der Waals surface area contributed by atoms with Crippen LogP contribution >= 0.6 is 0 Å². The van der Waals surface area contributed by atoms with E-state index in [0.29, 0.717) is 24.6 Å². The van der Waals surface area contributed by atoms with Crippen molar-refractivity contribution in [1.29, 1.82) is 0 Å². The number of benzene rings is 1. The lowest BCUT2D eigenvalue weighted by molar-refractivity contribution is 0.353. The number of rotatable bonds is 6. The number of methoxy groups -OCH3 is 2. The maximum atomic E-state index is 11.5. The van der Waals surface area contributed by atoms with Gasteiger partial charge in [0.1, 0.15) is 0 Å². The molecule has 0 heterocycles. The molecule has 0 aliphatic rings. The van der Waals surface area contributed by atoms with E-state index in [9.17, 15) is 8.42 Å². The van der Waals surface area contributed by atoms with Crippen molar-refractivity contribution in [3.8, 4) is 11.5 Å². The summed E-state index contributed by atoms with van der Waals surface area (Å²) in [5.41, 5.74) is 0.861. The summed E-state index contributed by atoms with van der Waals surface area (Å²) in [6, 6.07) is 5.38. The fourth-order valence-corrected chi connectivity index (χ4v) is 2.50. The van der Waals surface area contributed by atoms with E-state index in [1.165, 1.54) is 10.6 Å². The quantitative estimate of drug-likeness (QED) is 0.788. The van der Waals surface area contributed by atoms with Crippen LogP contribution in [-0.2, 0) is 16.6 Å². The van der Waals surface area contributed by atoms with Gasteiger partial charge in [0.2, 0.25) is 10.0 Å². The van der Waals surface area contributed by atoms with E-state index in [4.69, 9.17) is 9.47 Å². The molecule has 0 fully saturated rings. The van der Waals surface area contributed by atoms with Crippen LogP contribution in [0.25, 0.3) is 0 Å². The lowest BCUT2D eigenvalue weighted by atomic mass is 10.2. The van der Waals surface area contributed by atoms with Crippen LogP contribution < -0.4 is 9.47 Å². The first kappa shape index (κ1) is 14.8. The lowest BCUT2D eigenvalue weighted by Gasteiger charge is -2.18. The highest BCUT2D eigenvalue weighted by Crippen LogP contribution is 2.28. The molecule has 0 unspecified atom stereocenters. The van der Waals surface area contributed by atoms with E-state index in [0.717, 1.165) is 5.56 Å². The largest absolute Gasteiger partial charge is 0.493 e. The van der Waals surface area contributed by atoms with Crippen molar-refractivity contribution in [2.45, 2.75) is 13.5 Å². The molecule has 0 aliphatic heterocycles. The Balaban J connectivity index is 2.98. The van der Waals surface area contributed by atoms with Crippen molar-refractivity contribution in [2.75, 3.05) is 27.0 Å². The van der Waals surface area contributed by atoms with Gasteiger partial charge in [0.05, 0.1) is 20.5 Å². The van der Waals surface area contributed by atoms with Gasteiger partial charge in [-0.25, -0.2) is 8.42 Å². The molecular weight excluding hydrogens is 254 g/mol. The summed E-state index contributed by atoms with van der Waals surface area (Å²) in [6.07, 6.45) is 1.21. The van der Waals surface area contributed by atoms with Crippen molar-refractivity contribution < 1.29 is 17.9 Å². The Bertz CT molecular complexity index is 499. The third kappa shape index (κ3) is 3.61. The Hall–Kier alpha value is -1.27. The van der Waals surface area contributed by atoms with Crippen LogP contribution in [0.3, 0.4) is 0 Å². The van der Waals surface area contributed by atoms with E-state index in [-0.39, 0.29) is 0 Å². The number of ether oxygens (including phenoxy) is 2. The molecule has 0 aromatic heterocycles. The first-order valence-electron chi connectivity index (χ1n) is 5.58. The van der Waals surface area contributed by atoms with Crippen molar-refractivity contribution in [1.82, 2.24) is 4.31 Å². The fourth-order valence-electron chi connectivity index (χ4n) is 1.65. The molecule has 1 aromatic rings. The average molecular weight is 273 g/mol. The monoisotopic (exact) mass is 273 g/mol. The second-order valence-corrected chi connectivity index (χ2v) is 5.86. The maximum absolute atomic E-state index is 11.5. The van der Waals surface area contributed by atoms with E-state index in [1.54, 1.807) is 26.4 Å². The van der Waals surface area contributed by atoms with E-state index in [1.807, 2.05) is 13.0 Å². The summed E-state index contributed by atoms with van der Waals surface area (Å²) in [5.74, 6) is 1.23. The van der Waals surface area contributed by atoms with Crippen LogP contribution in [0.1, 0.15) is 12.5 Å². The van der Waals surface area contributed by atoms with Crippen molar-refractivity contribution in [3.05, 3.63) is 23.8 Å². The molecule has 0 N–H and O–H groups in total. The predicted molar refractivity (Wildman–Crippen MR) is 70.5 cm³/mol. The van der Waals surface area contributed by atoms with Gasteiger partial charge in [0, 0.05) is 13.1 Å². The van der Waals surface area contributed by atoms with E-state index in [2.05, 4.69) is 0 Å². The Morgan fingerprint density at radius 3 is 2.22 bits per heavy atom. The average Bonchev–Trinajstić information content (AvgIpc) is 2.34. The van der Waals surface area contributed by atoms with Crippen LogP contribution in [0, 0.1) is 0 Å². The normalized spacial score (nSPS) is 11.6. The van der Waals surface area contributed by atoms with Gasteiger partial charge in [-0.15, -0.1) is 0 Å². The molecule has 0 atom stereocenters. The number of hydrogen-bond acceptors (Lipinski definition) is 4. The van der Waals surface area contributed by atoms with Crippen LogP contribution in [0.2, 0.25) is 0 Å². The third-order valence-electron chi connectivity index (χ3n) is 2.63. The highest BCUT2D eigenvalue weighted by atomic mass is 32.2. The minimum absolute atomic E-state index is 0.329. The zero-order valence-corrected chi connectivity index (χ0v) is 12.0. The molecule has 18 heavy (non-hydrogen) atoms. The highest BCUT2D eigenvalue weighted by Gasteiger charge is 2.15. The number of hydrogen-bond donors (Lipinski definition) is 0. The summed E-state index contributed by atoms with van der Waals surface area (Å²) in [6.45, 7) is 2.57. The fraction of sp³-hybridized carbons (Fsp3) is 0.500. The number of nitrogens with zero attached hydrogens (tertiary/aromatic N) is 1. The third-order valence-corrected chi connectivity index (χ3v) is 3.95. The molecular formula is C12H19NO4S. The van der Waals surface area contributed by atoms with Gasteiger partial charge < -0.3 is 9.47 Å². The maximum Gasteiger partial charge on any atom is 0.211 e. The van der Waals surface area contributed by atoms with Gasteiger partial charge in [0.25, 0.3) is 0 Å². The molecule has 1 aromatic carbocycles. The smallest absolute Gasteiger partial charge is 0.211 e. The van der Waals surface area contributed by atoms with Crippen LogP contribution in [0.5, 0.6) is 11.5 Å². The topological polar surface area (TPSA) is 55.8 Å². The minimum atomic E-state index is -3.19. The lowest BCUT2D eigenvalue weighted by Crippen LogP contribution is -2.29. The molecule has 0 saturated carbocycles. The Morgan fingerprint density at radius 1 is 1.17 bits per heavy atom. The molecule has 1 rings (SSSR count). The first-order valence-corrected chi connectivity index (χ1v) is 7.43. The second-order valence-electron chi connectivity index (χ2n) is 3.88. The summed E-state index contributed by atoms with van der Waals surface area (Å²) >= 11 is 0. The zero-order valence-electron chi connectivity index (χ0n) is 11.1.